The minimum absolute atomic E-state index is 0.0253. The van der Waals surface area contributed by atoms with Crippen molar-refractivity contribution < 1.29 is 19.1 Å². The Bertz CT molecular complexity index is 986. The lowest BCUT2D eigenvalue weighted by atomic mass is 9.98. The number of amides is 3. The van der Waals surface area contributed by atoms with Crippen LogP contribution in [0.15, 0.2) is 48.5 Å². The molecule has 1 saturated heterocycles. The molecule has 0 aliphatic carbocycles. The van der Waals surface area contributed by atoms with E-state index in [4.69, 9.17) is 4.74 Å². The number of ether oxygens (including phenoxy) is 1. The van der Waals surface area contributed by atoms with E-state index in [1.807, 2.05) is 17.0 Å². The van der Waals surface area contributed by atoms with Crippen molar-refractivity contribution >= 4 is 29.1 Å². The zero-order chi connectivity index (χ0) is 24.3. The third-order valence-electron chi connectivity index (χ3n) is 5.85. The second kappa shape index (κ2) is 12.7. The minimum atomic E-state index is -0.251. The van der Waals surface area contributed by atoms with Gasteiger partial charge in [-0.2, -0.15) is 0 Å². The maximum Gasteiger partial charge on any atom is 0.253 e. The highest BCUT2D eigenvalue weighted by Gasteiger charge is 2.21. The zero-order valence-electron chi connectivity index (χ0n) is 19.9. The Morgan fingerprint density at radius 2 is 1.68 bits per heavy atom. The molecule has 1 aliphatic rings. The Morgan fingerprint density at radius 3 is 2.41 bits per heavy atom. The molecule has 0 atom stereocenters. The summed E-state index contributed by atoms with van der Waals surface area (Å²) < 4.78 is 4.97. The lowest BCUT2D eigenvalue weighted by molar-refractivity contribution is -0.114. The fourth-order valence-electron chi connectivity index (χ4n) is 3.80. The molecule has 0 saturated carbocycles. The third-order valence-corrected chi connectivity index (χ3v) is 5.85. The van der Waals surface area contributed by atoms with Crippen molar-refractivity contribution in [2.24, 2.45) is 5.92 Å². The van der Waals surface area contributed by atoms with Crippen molar-refractivity contribution in [3.63, 3.8) is 0 Å². The SMILES string of the molecule is COCCCNC(=O)c1cccc(NC(=O)CNc2cccc(C(=O)N3CCC(C)CC3)c2)c1. The molecule has 1 aliphatic heterocycles. The molecule has 3 amide bonds. The average Bonchev–Trinajstić information content (AvgIpc) is 2.85. The van der Waals surface area contributed by atoms with E-state index in [9.17, 15) is 14.4 Å². The van der Waals surface area contributed by atoms with Crippen LogP contribution in [0.1, 0.15) is 46.9 Å². The number of hydrogen-bond donors (Lipinski definition) is 3. The number of methoxy groups -OCH3 is 1. The molecule has 0 unspecified atom stereocenters. The van der Waals surface area contributed by atoms with Crippen LogP contribution in [0.5, 0.6) is 0 Å². The van der Waals surface area contributed by atoms with Gasteiger partial charge in [0, 0.05) is 55.9 Å². The van der Waals surface area contributed by atoms with E-state index in [0.29, 0.717) is 41.6 Å². The van der Waals surface area contributed by atoms with Crippen LogP contribution >= 0.6 is 0 Å². The van der Waals surface area contributed by atoms with Gasteiger partial charge in [-0.15, -0.1) is 0 Å². The number of carbonyl (C=O) groups excluding carboxylic acids is 3. The highest BCUT2D eigenvalue weighted by atomic mass is 16.5. The first-order chi connectivity index (χ1) is 16.5. The molecule has 2 aromatic carbocycles. The first kappa shape index (κ1) is 25.2. The van der Waals surface area contributed by atoms with Crippen LogP contribution in [0.4, 0.5) is 11.4 Å². The number of hydrogen-bond acceptors (Lipinski definition) is 5. The van der Waals surface area contributed by atoms with Gasteiger partial charge in [0.2, 0.25) is 5.91 Å². The Balaban J connectivity index is 1.50. The van der Waals surface area contributed by atoms with Gasteiger partial charge < -0.3 is 25.6 Å². The fraction of sp³-hybridized carbons (Fsp3) is 0.423. The second-order valence-electron chi connectivity index (χ2n) is 8.64. The van der Waals surface area contributed by atoms with Gasteiger partial charge >= 0.3 is 0 Å². The maximum absolute atomic E-state index is 12.8. The number of nitrogens with one attached hydrogen (secondary N) is 3. The lowest BCUT2D eigenvalue weighted by Gasteiger charge is -2.30. The van der Waals surface area contributed by atoms with Gasteiger partial charge in [0.15, 0.2) is 0 Å². The third kappa shape index (κ3) is 7.59. The van der Waals surface area contributed by atoms with Gasteiger partial charge in [-0.3, -0.25) is 14.4 Å². The monoisotopic (exact) mass is 466 g/mol. The molecule has 2 aromatic rings. The largest absolute Gasteiger partial charge is 0.385 e. The van der Waals surface area contributed by atoms with E-state index >= 15 is 0 Å². The zero-order valence-corrected chi connectivity index (χ0v) is 19.9. The molecule has 8 heteroatoms. The molecule has 0 bridgehead atoms. The van der Waals surface area contributed by atoms with Gasteiger partial charge in [-0.25, -0.2) is 0 Å². The van der Waals surface area contributed by atoms with Crippen molar-refractivity contribution in [1.29, 1.82) is 0 Å². The van der Waals surface area contributed by atoms with Crippen LogP contribution in [0.3, 0.4) is 0 Å². The topological polar surface area (TPSA) is 99.8 Å². The van der Waals surface area contributed by atoms with Gasteiger partial charge in [-0.1, -0.05) is 19.1 Å². The molecule has 3 N–H and O–H groups in total. The van der Waals surface area contributed by atoms with Crippen LogP contribution in [-0.4, -0.2) is 62.5 Å². The molecular weight excluding hydrogens is 432 g/mol. The van der Waals surface area contributed by atoms with Gasteiger partial charge in [0.25, 0.3) is 11.8 Å². The fourth-order valence-corrected chi connectivity index (χ4v) is 3.80. The van der Waals surface area contributed by atoms with Gasteiger partial charge in [-0.05, 0) is 61.6 Å². The molecular formula is C26H34N4O4. The van der Waals surface area contributed by atoms with Crippen molar-refractivity contribution in [3.8, 4) is 0 Å². The molecule has 34 heavy (non-hydrogen) atoms. The summed E-state index contributed by atoms with van der Waals surface area (Å²) in [6.07, 6.45) is 2.79. The molecule has 1 fully saturated rings. The second-order valence-corrected chi connectivity index (χ2v) is 8.64. The summed E-state index contributed by atoms with van der Waals surface area (Å²) in [4.78, 5) is 39.4. The Labute approximate surface area is 201 Å². The van der Waals surface area contributed by atoms with E-state index in [0.717, 1.165) is 32.4 Å². The highest BCUT2D eigenvalue weighted by molar-refractivity contribution is 5.98. The predicted octanol–water partition coefficient (Wildman–Crippen LogP) is 3.38. The van der Waals surface area contributed by atoms with E-state index in [1.54, 1.807) is 43.5 Å². The first-order valence-corrected chi connectivity index (χ1v) is 11.8. The quantitative estimate of drug-likeness (QED) is 0.466. The van der Waals surface area contributed by atoms with E-state index in [1.165, 1.54) is 0 Å². The number of likely N-dealkylation sites (tertiary alicyclic amines) is 1. The maximum atomic E-state index is 12.8. The van der Waals surface area contributed by atoms with E-state index < -0.39 is 0 Å². The molecule has 182 valence electrons. The first-order valence-electron chi connectivity index (χ1n) is 11.8. The number of carbonyl (C=O) groups is 3. The number of piperidine rings is 1. The summed E-state index contributed by atoms with van der Waals surface area (Å²) in [5.41, 5.74) is 2.33. The van der Waals surface area contributed by atoms with Crippen molar-refractivity contribution in [2.45, 2.75) is 26.2 Å². The molecule has 8 nitrogen and oxygen atoms in total. The van der Waals surface area contributed by atoms with Crippen LogP contribution in [0, 0.1) is 5.92 Å². The lowest BCUT2D eigenvalue weighted by Crippen LogP contribution is -2.37. The average molecular weight is 467 g/mol. The number of anilines is 2. The summed E-state index contributed by atoms with van der Waals surface area (Å²) in [6.45, 7) is 4.91. The number of benzene rings is 2. The standard InChI is InChI=1S/C26H34N4O4/c1-19-10-13-30(14-11-19)26(33)21-7-4-8-22(17-21)28-18-24(31)29-23-9-3-6-20(16-23)25(32)27-12-5-15-34-2/h3-4,6-9,16-17,19,28H,5,10-15,18H2,1-2H3,(H,27,32)(H,29,31). The smallest absolute Gasteiger partial charge is 0.253 e. The van der Waals surface area contributed by atoms with Crippen molar-refractivity contribution in [3.05, 3.63) is 59.7 Å². The van der Waals surface area contributed by atoms with Gasteiger partial charge in [0.1, 0.15) is 0 Å². The van der Waals surface area contributed by atoms with E-state index in [-0.39, 0.29) is 24.3 Å². The summed E-state index contributed by atoms with van der Waals surface area (Å²) in [6, 6.07) is 14.0. The van der Waals surface area contributed by atoms with E-state index in [2.05, 4.69) is 22.9 Å². The molecule has 3 rings (SSSR count). The number of nitrogens with zero attached hydrogens (tertiary/aromatic N) is 1. The Hall–Kier alpha value is -3.39. The Morgan fingerprint density at radius 1 is 1.00 bits per heavy atom. The van der Waals surface area contributed by atoms with Crippen molar-refractivity contribution in [2.75, 3.05) is 50.5 Å². The summed E-state index contributed by atoms with van der Waals surface area (Å²) in [5, 5.41) is 8.70. The molecule has 0 aromatic heterocycles. The van der Waals surface area contributed by atoms with Gasteiger partial charge in [0.05, 0.1) is 6.54 Å². The normalized spacial score (nSPS) is 13.9. The molecule has 0 spiro atoms. The summed E-state index contributed by atoms with van der Waals surface area (Å²) >= 11 is 0. The van der Waals surface area contributed by atoms with Crippen molar-refractivity contribution in [1.82, 2.24) is 10.2 Å². The predicted molar refractivity (Wildman–Crippen MR) is 133 cm³/mol. The minimum Gasteiger partial charge on any atom is -0.385 e. The van der Waals surface area contributed by atoms with Crippen LogP contribution < -0.4 is 16.0 Å². The summed E-state index contributed by atoms with van der Waals surface area (Å²) in [5.74, 6) is 0.234. The van der Waals surface area contributed by atoms with Crippen LogP contribution in [0.2, 0.25) is 0 Å². The highest BCUT2D eigenvalue weighted by Crippen LogP contribution is 2.19. The number of rotatable bonds is 10. The molecule has 0 radical (unpaired) electrons. The Kier molecular flexibility index (Phi) is 9.46. The summed E-state index contributed by atoms with van der Waals surface area (Å²) in [7, 11) is 1.62. The van der Waals surface area contributed by atoms with Crippen LogP contribution in [-0.2, 0) is 9.53 Å². The van der Waals surface area contributed by atoms with Crippen LogP contribution in [0.25, 0.3) is 0 Å². The molecule has 1 heterocycles.